The summed E-state index contributed by atoms with van der Waals surface area (Å²) in [5, 5.41) is 12.4. The summed E-state index contributed by atoms with van der Waals surface area (Å²) in [6.45, 7) is 6.19. The number of ether oxygens (including phenoxy) is 1. The van der Waals surface area contributed by atoms with Gasteiger partial charge in [0.2, 0.25) is 5.91 Å². The van der Waals surface area contributed by atoms with Gasteiger partial charge in [-0.3, -0.25) is 14.5 Å². The highest BCUT2D eigenvalue weighted by atomic mass is 16.5. The van der Waals surface area contributed by atoms with Gasteiger partial charge in [0.1, 0.15) is 0 Å². The molecule has 0 radical (unpaired) electrons. The van der Waals surface area contributed by atoms with E-state index in [1.165, 1.54) is 0 Å². The Balaban J connectivity index is 2.55. The molecule has 1 fully saturated rings. The van der Waals surface area contributed by atoms with Crippen molar-refractivity contribution in [2.45, 2.75) is 45.6 Å². The van der Waals surface area contributed by atoms with Gasteiger partial charge in [-0.1, -0.05) is 6.92 Å². The van der Waals surface area contributed by atoms with Crippen LogP contribution in [0.1, 0.15) is 39.5 Å². The Morgan fingerprint density at radius 3 is 2.76 bits per heavy atom. The molecule has 6 heteroatoms. The number of aliphatic carboxylic acids is 1. The molecule has 0 aromatic rings. The minimum atomic E-state index is -0.748. The summed E-state index contributed by atoms with van der Waals surface area (Å²) in [6.07, 6.45) is 2.89. The maximum atomic E-state index is 12.1. The lowest BCUT2D eigenvalue weighted by Crippen LogP contribution is -2.54. The van der Waals surface area contributed by atoms with Crippen LogP contribution in [0.25, 0.3) is 0 Å². The third-order valence-electron chi connectivity index (χ3n) is 4.49. The van der Waals surface area contributed by atoms with Crippen LogP contribution in [-0.2, 0) is 14.3 Å². The van der Waals surface area contributed by atoms with Gasteiger partial charge in [-0.05, 0) is 39.2 Å². The van der Waals surface area contributed by atoms with E-state index in [1.807, 2.05) is 18.7 Å². The quantitative estimate of drug-likeness (QED) is 0.656. The molecule has 21 heavy (non-hydrogen) atoms. The molecule has 0 aromatic carbocycles. The van der Waals surface area contributed by atoms with Gasteiger partial charge in [-0.25, -0.2) is 0 Å². The number of carboxylic acids is 1. The molecule has 0 bridgehead atoms. The molecule has 0 saturated carbocycles. The highest BCUT2D eigenvalue weighted by Gasteiger charge is 2.42. The van der Waals surface area contributed by atoms with Crippen molar-refractivity contribution in [1.29, 1.82) is 0 Å². The van der Waals surface area contributed by atoms with E-state index in [2.05, 4.69) is 5.32 Å². The first kappa shape index (κ1) is 17.9. The normalized spacial score (nSPS) is 24.5. The first-order valence-electron chi connectivity index (χ1n) is 7.71. The van der Waals surface area contributed by atoms with Crippen LogP contribution in [0, 0.1) is 5.41 Å². The van der Waals surface area contributed by atoms with Gasteiger partial charge in [0.15, 0.2) is 0 Å². The molecule has 1 aliphatic heterocycles. The topological polar surface area (TPSA) is 78.9 Å². The summed E-state index contributed by atoms with van der Waals surface area (Å²) in [7, 11) is 1.63. The van der Waals surface area contributed by atoms with E-state index in [4.69, 9.17) is 4.74 Å². The molecule has 122 valence electrons. The number of carboxylic acid groups (broad SMARTS) is 1. The number of nitrogens with zero attached hydrogens (tertiary/aromatic N) is 1. The van der Waals surface area contributed by atoms with Crippen molar-refractivity contribution in [3.05, 3.63) is 0 Å². The van der Waals surface area contributed by atoms with Crippen molar-refractivity contribution in [2.75, 3.05) is 33.4 Å². The largest absolute Gasteiger partial charge is 0.481 e. The number of hydrogen-bond acceptors (Lipinski definition) is 4. The number of piperidine rings is 1. The zero-order chi connectivity index (χ0) is 15.9. The van der Waals surface area contributed by atoms with E-state index in [1.54, 1.807) is 7.11 Å². The molecule has 2 N–H and O–H groups in total. The third-order valence-corrected chi connectivity index (χ3v) is 4.49. The highest BCUT2D eigenvalue weighted by Crippen LogP contribution is 2.34. The summed E-state index contributed by atoms with van der Waals surface area (Å²) in [6, 6.07) is -0.293. The Labute approximate surface area is 126 Å². The molecule has 2 unspecified atom stereocenters. The van der Waals surface area contributed by atoms with Crippen LogP contribution < -0.4 is 5.32 Å². The van der Waals surface area contributed by atoms with Crippen molar-refractivity contribution in [3.63, 3.8) is 0 Å². The van der Waals surface area contributed by atoms with Gasteiger partial charge in [0.05, 0.1) is 11.5 Å². The zero-order valence-electron chi connectivity index (χ0n) is 13.4. The van der Waals surface area contributed by atoms with Crippen LogP contribution in [-0.4, -0.2) is 61.3 Å². The second-order valence-electron chi connectivity index (χ2n) is 5.83. The average molecular weight is 300 g/mol. The predicted octanol–water partition coefficient (Wildman–Crippen LogP) is 1.10. The smallest absolute Gasteiger partial charge is 0.310 e. The van der Waals surface area contributed by atoms with Gasteiger partial charge in [0, 0.05) is 26.8 Å². The fourth-order valence-corrected chi connectivity index (χ4v) is 2.85. The molecule has 0 spiro atoms. The number of methoxy groups -OCH3 is 1. The summed E-state index contributed by atoms with van der Waals surface area (Å²) >= 11 is 0. The van der Waals surface area contributed by atoms with Crippen LogP contribution in [0.15, 0.2) is 0 Å². The lowest BCUT2D eigenvalue weighted by Gasteiger charge is -2.41. The minimum absolute atomic E-state index is 0.0385. The van der Waals surface area contributed by atoms with Gasteiger partial charge in [0.25, 0.3) is 0 Å². The average Bonchev–Trinajstić information content (AvgIpc) is 2.50. The van der Waals surface area contributed by atoms with Crippen molar-refractivity contribution < 1.29 is 19.4 Å². The monoisotopic (exact) mass is 300 g/mol. The second kappa shape index (κ2) is 8.34. The number of hydrogen-bond donors (Lipinski definition) is 2. The van der Waals surface area contributed by atoms with E-state index < -0.39 is 11.4 Å². The molecule has 0 aromatic heterocycles. The predicted molar refractivity (Wildman–Crippen MR) is 80.1 cm³/mol. The summed E-state index contributed by atoms with van der Waals surface area (Å²) in [5.41, 5.74) is -0.706. The van der Waals surface area contributed by atoms with E-state index >= 15 is 0 Å². The molecule has 1 amide bonds. The van der Waals surface area contributed by atoms with Crippen molar-refractivity contribution in [1.82, 2.24) is 10.2 Å². The number of carbonyl (C=O) groups excluding carboxylic acids is 1. The van der Waals surface area contributed by atoms with Crippen molar-refractivity contribution >= 4 is 11.9 Å². The number of amides is 1. The highest BCUT2D eigenvalue weighted by molar-refractivity contribution is 5.81. The van der Waals surface area contributed by atoms with Crippen LogP contribution in [0.4, 0.5) is 0 Å². The number of rotatable bonds is 8. The lowest BCUT2D eigenvalue weighted by atomic mass is 9.77. The van der Waals surface area contributed by atoms with Gasteiger partial charge in [-0.15, -0.1) is 0 Å². The minimum Gasteiger partial charge on any atom is -0.481 e. The van der Waals surface area contributed by atoms with Gasteiger partial charge in [-0.2, -0.15) is 0 Å². The molecule has 0 aliphatic carbocycles. The molecule has 6 nitrogen and oxygen atoms in total. The Morgan fingerprint density at radius 1 is 1.48 bits per heavy atom. The Morgan fingerprint density at radius 2 is 2.19 bits per heavy atom. The molecule has 1 rings (SSSR count). The summed E-state index contributed by atoms with van der Waals surface area (Å²) in [5.74, 6) is -0.786. The zero-order valence-corrected chi connectivity index (χ0v) is 13.4. The number of carbonyl (C=O) groups is 2. The second-order valence-corrected chi connectivity index (χ2v) is 5.83. The van der Waals surface area contributed by atoms with E-state index in [0.29, 0.717) is 32.5 Å². The van der Waals surface area contributed by atoms with E-state index in [-0.39, 0.29) is 11.9 Å². The number of likely N-dealkylation sites (tertiary alicyclic amines) is 1. The number of nitrogens with one attached hydrogen (secondary N) is 1. The fourth-order valence-electron chi connectivity index (χ4n) is 2.85. The van der Waals surface area contributed by atoms with Gasteiger partial charge < -0.3 is 15.2 Å². The first-order valence-corrected chi connectivity index (χ1v) is 7.71. The van der Waals surface area contributed by atoms with Crippen LogP contribution >= 0.6 is 0 Å². The van der Waals surface area contributed by atoms with Crippen LogP contribution in [0.5, 0.6) is 0 Å². The van der Waals surface area contributed by atoms with Crippen molar-refractivity contribution in [2.24, 2.45) is 5.41 Å². The van der Waals surface area contributed by atoms with Gasteiger partial charge >= 0.3 is 5.97 Å². The molecule has 1 saturated heterocycles. The molecule has 1 heterocycles. The third kappa shape index (κ3) is 4.68. The standard InChI is InChI=1S/C15H28N2O4/c1-4-15(14(19)20)7-5-9-17(11-15)12(2)13(18)16-8-6-10-21-3/h12H,4-11H2,1-3H3,(H,16,18)(H,19,20). The SMILES string of the molecule is CCC1(C(=O)O)CCCN(C(C)C(=O)NCCCOC)C1. The maximum absolute atomic E-state index is 12.1. The Kier molecular flexibility index (Phi) is 7.11. The summed E-state index contributed by atoms with van der Waals surface area (Å²) < 4.78 is 4.94. The fraction of sp³-hybridized carbons (Fsp3) is 0.867. The van der Waals surface area contributed by atoms with E-state index in [0.717, 1.165) is 19.4 Å². The van der Waals surface area contributed by atoms with Crippen LogP contribution in [0.2, 0.25) is 0 Å². The molecule has 2 atom stereocenters. The Bertz CT molecular complexity index is 362. The first-order chi connectivity index (χ1) is 9.96. The molecule has 1 aliphatic rings. The van der Waals surface area contributed by atoms with Crippen molar-refractivity contribution in [3.8, 4) is 0 Å². The van der Waals surface area contributed by atoms with Crippen LogP contribution in [0.3, 0.4) is 0 Å². The lowest BCUT2D eigenvalue weighted by molar-refractivity contribution is -0.154. The maximum Gasteiger partial charge on any atom is 0.310 e. The molecular formula is C15H28N2O4. The van der Waals surface area contributed by atoms with E-state index in [9.17, 15) is 14.7 Å². The molecular weight excluding hydrogens is 272 g/mol. The Hall–Kier alpha value is -1.14. The summed E-state index contributed by atoms with van der Waals surface area (Å²) in [4.78, 5) is 25.7.